The lowest BCUT2D eigenvalue weighted by Crippen LogP contribution is -1.92. The first-order valence-corrected chi connectivity index (χ1v) is 9.22. The highest BCUT2D eigenvalue weighted by Gasteiger charge is 2.12. The van der Waals surface area contributed by atoms with Crippen molar-refractivity contribution in [1.29, 1.82) is 0 Å². The molecule has 3 aromatic carbocycles. The van der Waals surface area contributed by atoms with Crippen LogP contribution in [0.25, 0.3) is 33.6 Å². The molecular formula is C24H18ClNO2. The molecule has 0 unspecified atom stereocenters. The highest BCUT2D eigenvalue weighted by atomic mass is 35.5. The van der Waals surface area contributed by atoms with Gasteiger partial charge in [0.2, 0.25) is 0 Å². The summed E-state index contributed by atoms with van der Waals surface area (Å²) in [5.74, 6) is 0.929. The molecule has 0 atom stereocenters. The van der Waals surface area contributed by atoms with E-state index in [0.717, 1.165) is 28.1 Å². The van der Waals surface area contributed by atoms with Gasteiger partial charge < -0.3 is 9.84 Å². The molecular weight excluding hydrogens is 370 g/mol. The summed E-state index contributed by atoms with van der Waals surface area (Å²) in [5, 5.41) is 10.9. The molecule has 0 radical (unpaired) electrons. The molecule has 0 saturated carbocycles. The van der Waals surface area contributed by atoms with Crippen molar-refractivity contribution in [3.63, 3.8) is 0 Å². The zero-order valence-electron chi connectivity index (χ0n) is 15.3. The Morgan fingerprint density at radius 3 is 2.18 bits per heavy atom. The van der Waals surface area contributed by atoms with E-state index in [1.165, 1.54) is 0 Å². The van der Waals surface area contributed by atoms with E-state index in [-0.39, 0.29) is 5.75 Å². The van der Waals surface area contributed by atoms with Gasteiger partial charge in [-0.15, -0.1) is 0 Å². The van der Waals surface area contributed by atoms with Crippen molar-refractivity contribution in [3.05, 3.63) is 90.0 Å². The lowest BCUT2D eigenvalue weighted by molar-refractivity contribution is 0.415. The predicted octanol–water partition coefficient (Wildman–Crippen LogP) is 6.45. The maximum absolute atomic E-state index is 10.4. The van der Waals surface area contributed by atoms with Gasteiger partial charge in [0.1, 0.15) is 11.5 Å². The van der Waals surface area contributed by atoms with Crippen LogP contribution < -0.4 is 4.74 Å². The van der Waals surface area contributed by atoms with Crippen LogP contribution in [-0.4, -0.2) is 17.2 Å². The zero-order chi connectivity index (χ0) is 19.5. The zero-order valence-corrected chi connectivity index (χ0v) is 16.0. The number of nitrogens with zero attached hydrogens (tertiary/aromatic N) is 1. The van der Waals surface area contributed by atoms with Crippen LogP contribution in [0.2, 0.25) is 5.02 Å². The van der Waals surface area contributed by atoms with Crippen LogP contribution in [0.5, 0.6) is 11.5 Å². The van der Waals surface area contributed by atoms with E-state index in [1.807, 2.05) is 54.6 Å². The lowest BCUT2D eigenvalue weighted by Gasteiger charge is -2.12. The third kappa shape index (κ3) is 3.71. The Bertz CT molecular complexity index is 1110. The Kier molecular flexibility index (Phi) is 5.00. The first-order valence-electron chi connectivity index (χ1n) is 8.85. The van der Waals surface area contributed by atoms with Gasteiger partial charge in [0.15, 0.2) is 0 Å². The summed E-state index contributed by atoms with van der Waals surface area (Å²) in [4.78, 5) is 4.80. The van der Waals surface area contributed by atoms with Crippen molar-refractivity contribution in [1.82, 2.24) is 4.98 Å². The molecule has 0 bridgehead atoms. The molecule has 0 aliphatic carbocycles. The fraction of sp³-hybridized carbons (Fsp3) is 0.0417. The van der Waals surface area contributed by atoms with E-state index in [1.54, 1.807) is 25.3 Å². The van der Waals surface area contributed by atoms with Gasteiger partial charge in [0.25, 0.3) is 0 Å². The summed E-state index contributed by atoms with van der Waals surface area (Å²) in [7, 11) is 1.64. The molecule has 4 heteroatoms. The maximum Gasteiger partial charge on any atom is 0.125 e. The smallest absolute Gasteiger partial charge is 0.125 e. The van der Waals surface area contributed by atoms with Crippen LogP contribution in [-0.2, 0) is 0 Å². The molecule has 4 rings (SSSR count). The van der Waals surface area contributed by atoms with E-state index in [0.29, 0.717) is 16.3 Å². The topological polar surface area (TPSA) is 42.4 Å². The van der Waals surface area contributed by atoms with Crippen molar-refractivity contribution in [2.75, 3.05) is 7.11 Å². The van der Waals surface area contributed by atoms with Gasteiger partial charge in [0.05, 0.1) is 18.5 Å². The molecule has 0 aliphatic rings. The molecule has 0 amide bonds. The normalized spacial score (nSPS) is 10.6. The van der Waals surface area contributed by atoms with E-state index >= 15 is 0 Å². The second-order valence-corrected chi connectivity index (χ2v) is 6.82. The number of aromatic hydroxyl groups is 1. The third-order valence-electron chi connectivity index (χ3n) is 4.55. The summed E-state index contributed by atoms with van der Waals surface area (Å²) < 4.78 is 5.25. The van der Waals surface area contributed by atoms with Crippen LogP contribution in [0.4, 0.5) is 0 Å². The van der Waals surface area contributed by atoms with Crippen molar-refractivity contribution in [2.45, 2.75) is 0 Å². The number of aromatic nitrogens is 1. The summed E-state index contributed by atoms with van der Waals surface area (Å²) in [6, 6.07) is 26.8. The number of hydrogen-bond acceptors (Lipinski definition) is 3. The van der Waals surface area contributed by atoms with E-state index in [9.17, 15) is 5.11 Å². The second kappa shape index (κ2) is 7.75. The second-order valence-electron chi connectivity index (χ2n) is 6.38. The van der Waals surface area contributed by atoms with Gasteiger partial charge in [-0.25, -0.2) is 4.98 Å². The fourth-order valence-electron chi connectivity index (χ4n) is 3.09. The molecule has 0 spiro atoms. The largest absolute Gasteiger partial charge is 0.507 e. The minimum Gasteiger partial charge on any atom is -0.507 e. The Balaban J connectivity index is 1.91. The van der Waals surface area contributed by atoms with E-state index in [2.05, 4.69) is 12.1 Å². The maximum atomic E-state index is 10.4. The van der Waals surface area contributed by atoms with Crippen molar-refractivity contribution in [3.8, 4) is 45.1 Å². The summed E-state index contributed by atoms with van der Waals surface area (Å²) in [6.45, 7) is 0. The Labute approximate surface area is 168 Å². The number of halogens is 1. The molecule has 1 aromatic heterocycles. The molecule has 1 N–H and O–H groups in total. The summed E-state index contributed by atoms with van der Waals surface area (Å²) in [5.41, 5.74) is 5.10. The average molecular weight is 388 g/mol. The number of ether oxygens (including phenoxy) is 1. The molecule has 0 fully saturated rings. The first-order chi connectivity index (χ1) is 13.6. The number of phenolic OH excluding ortho intramolecular Hbond substituents is 1. The fourth-order valence-corrected chi connectivity index (χ4v) is 3.26. The average Bonchev–Trinajstić information content (AvgIpc) is 2.76. The predicted molar refractivity (Wildman–Crippen MR) is 114 cm³/mol. The number of benzene rings is 3. The Morgan fingerprint density at radius 1 is 0.750 bits per heavy atom. The van der Waals surface area contributed by atoms with Crippen molar-refractivity contribution in [2.24, 2.45) is 0 Å². The Hall–Kier alpha value is -3.30. The van der Waals surface area contributed by atoms with E-state index < -0.39 is 0 Å². The number of rotatable bonds is 4. The number of phenols is 1. The van der Waals surface area contributed by atoms with Gasteiger partial charge in [0, 0.05) is 16.1 Å². The number of methoxy groups -OCH3 is 1. The molecule has 1 heterocycles. The quantitative estimate of drug-likeness (QED) is 0.437. The molecule has 138 valence electrons. The lowest BCUT2D eigenvalue weighted by atomic mass is 9.99. The van der Waals surface area contributed by atoms with Crippen molar-refractivity contribution >= 4 is 11.6 Å². The van der Waals surface area contributed by atoms with Crippen LogP contribution in [0.15, 0.2) is 84.9 Å². The summed E-state index contributed by atoms with van der Waals surface area (Å²) >= 11 is 6.16. The van der Waals surface area contributed by atoms with Crippen LogP contribution in [0.3, 0.4) is 0 Å². The molecule has 0 aliphatic heterocycles. The molecule has 0 saturated heterocycles. The SMILES string of the molecule is COc1ccc(-c2cc(-c3ccccc3)cc(-c3cc(Cl)ccc3O)n2)cc1. The highest BCUT2D eigenvalue weighted by Crippen LogP contribution is 2.35. The van der Waals surface area contributed by atoms with Crippen molar-refractivity contribution < 1.29 is 9.84 Å². The van der Waals surface area contributed by atoms with E-state index in [4.69, 9.17) is 21.3 Å². The molecule has 4 aromatic rings. The Morgan fingerprint density at radius 2 is 1.46 bits per heavy atom. The minimum atomic E-state index is 0.141. The molecule has 28 heavy (non-hydrogen) atoms. The summed E-state index contributed by atoms with van der Waals surface area (Å²) in [6.07, 6.45) is 0. The third-order valence-corrected chi connectivity index (χ3v) is 4.79. The van der Waals surface area contributed by atoms with Gasteiger partial charge in [-0.05, 0) is 65.7 Å². The number of pyridine rings is 1. The van der Waals surface area contributed by atoms with Gasteiger partial charge in [-0.1, -0.05) is 41.9 Å². The van der Waals surface area contributed by atoms with Crippen LogP contribution >= 0.6 is 11.6 Å². The highest BCUT2D eigenvalue weighted by molar-refractivity contribution is 6.31. The minimum absolute atomic E-state index is 0.141. The van der Waals surface area contributed by atoms with Gasteiger partial charge in [-0.3, -0.25) is 0 Å². The monoisotopic (exact) mass is 387 g/mol. The molecule has 3 nitrogen and oxygen atoms in total. The number of hydrogen-bond donors (Lipinski definition) is 1. The van der Waals surface area contributed by atoms with Gasteiger partial charge in [-0.2, -0.15) is 0 Å². The first kappa shape index (κ1) is 18.1. The van der Waals surface area contributed by atoms with Crippen LogP contribution in [0, 0.1) is 0 Å². The standard InChI is InChI=1S/C24H18ClNO2/c1-28-20-10-7-17(8-11-20)22-13-18(16-5-3-2-4-6-16)14-23(26-22)21-15-19(25)9-12-24(21)27/h2-15,27H,1H3. The van der Waals surface area contributed by atoms with Gasteiger partial charge >= 0.3 is 0 Å². The van der Waals surface area contributed by atoms with Crippen LogP contribution in [0.1, 0.15) is 0 Å².